The van der Waals surface area contributed by atoms with Gasteiger partial charge in [-0.1, -0.05) is 0 Å². The van der Waals surface area contributed by atoms with Crippen molar-refractivity contribution in [3.05, 3.63) is 0 Å². The molecule has 1 N–H and O–H groups in total. The van der Waals surface area contributed by atoms with Crippen LogP contribution in [-0.4, -0.2) is 48.6 Å². The van der Waals surface area contributed by atoms with Gasteiger partial charge in [-0.3, -0.25) is 9.69 Å². The number of hydrogen-bond acceptors (Lipinski definition) is 5. The second-order valence-corrected chi connectivity index (χ2v) is 10.2. The predicted molar refractivity (Wildman–Crippen MR) is 97.2 cm³/mol. The molecule has 7 fully saturated rings. The van der Waals surface area contributed by atoms with Crippen LogP contribution in [-0.2, 0) is 19.3 Å². The summed E-state index contributed by atoms with van der Waals surface area (Å²) in [5, 5.41) is 2.91. The van der Waals surface area contributed by atoms with Gasteiger partial charge in [-0.2, -0.15) is 9.78 Å². The molecule has 6 nitrogen and oxygen atoms in total. The van der Waals surface area contributed by atoms with Gasteiger partial charge in [0.25, 0.3) is 0 Å². The van der Waals surface area contributed by atoms with Gasteiger partial charge in [-0.05, 0) is 62.7 Å². The Bertz CT molecular complexity index is 587. The maximum atomic E-state index is 11.6. The van der Waals surface area contributed by atoms with Crippen LogP contribution in [0.3, 0.4) is 0 Å². The minimum absolute atomic E-state index is 0.160. The van der Waals surface area contributed by atoms with Crippen LogP contribution in [0.1, 0.15) is 57.8 Å². The highest BCUT2D eigenvalue weighted by molar-refractivity contribution is 5.78. The Morgan fingerprint density at radius 1 is 1.00 bits per heavy atom. The maximum absolute atomic E-state index is 11.6. The van der Waals surface area contributed by atoms with Crippen molar-refractivity contribution in [3.8, 4) is 0 Å². The summed E-state index contributed by atoms with van der Waals surface area (Å²) in [6.45, 7) is 3.32. The largest absolute Gasteiger partial charge is 0.354 e. The molecule has 150 valence electrons. The zero-order chi connectivity index (χ0) is 18.1. The lowest BCUT2D eigenvalue weighted by atomic mass is 9.53. The molecule has 5 saturated carbocycles. The molecule has 27 heavy (non-hydrogen) atoms. The zero-order valence-corrected chi connectivity index (χ0v) is 16.2. The van der Waals surface area contributed by atoms with Crippen molar-refractivity contribution in [1.29, 1.82) is 0 Å². The van der Waals surface area contributed by atoms with Crippen molar-refractivity contribution in [2.45, 2.75) is 69.4 Å². The third kappa shape index (κ3) is 2.78. The average molecular weight is 376 g/mol. The Balaban J connectivity index is 1.09. The molecule has 2 saturated heterocycles. The number of nitrogens with zero attached hydrogens (tertiary/aromatic N) is 1. The number of carbonyl (C=O) groups is 1. The summed E-state index contributed by atoms with van der Waals surface area (Å²) >= 11 is 0. The lowest BCUT2D eigenvalue weighted by Crippen LogP contribution is -2.59. The topological polar surface area (TPSA) is 60.0 Å². The van der Waals surface area contributed by atoms with Crippen LogP contribution in [0.15, 0.2) is 0 Å². The quantitative estimate of drug-likeness (QED) is 0.750. The van der Waals surface area contributed by atoms with E-state index < -0.39 is 11.6 Å². The van der Waals surface area contributed by atoms with Crippen LogP contribution in [0.5, 0.6) is 0 Å². The van der Waals surface area contributed by atoms with Crippen LogP contribution in [0.4, 0.5) is 0 Å². The van der Waals surface area contributed by atoms with E-state index >= 15 is 0 Å². The molecule has 0 aromatic carbocycles. The van der Waals surface area contributed by atoms with Crippen LogP contribution < -0.4 is 5.32 Å². The summed E-state index contributed by atoms with van der Waals surface area (Å²) in [6, 6.07) is 0. The molecule has 2 spiro atoms. The van der Waals surface area contributed by atoms with E-state index in [1.54, 1.807) is 0 Å². The molecule has 5 aliphatic carbocycles. The van der Waals surface area contributed by atoms with Crippen molar-refractivity contribution >= 4 is 5.91 Å². The summed E-state index contributed by atoms with van der Waals surface area (Å²) in [7, 11) is 0. The molecule has 7 rings (SSSR count). The van der Waals surface area contributed by atoms with Crippen LogP contribution >= 0.6 is 0 Å². The second-order valence-electron chi connectivity index (χ2n) is 10.2. The highest BCUT2D eigenvalue weighted by Crippen LogP contribution is 2.63. The maximum Gasteiger partial charge on any atom is 0.234 e. The van der Waals surface area contributed by atoms with Crippen molar-refractivity contribution in [1.82, 2.24) is 10.2 Å². The predicted octanol–water partition coefficient (Wildman–Crippen LogP) is 2.44. The van der Waals surface area contributed by atoms with Gasteiger partial charge in [0.05, 0.1) is 6.54 Å². The third-order valence-electron chi connectivity index (χ3n) is 8.45. The highest BCUT2D eigenvalue weighted by atomic mass is 17.3. The third-order valence-corrected chi connectivity index (χ3v) is 8.45. The number of carbonyl (C=O) groups excluding carboxylic acids is 1. The SMILES string of the molecule is O=C1CN(CC2CCC3(CC2)OOC2(O3)C3CC4CC(C3)CC2C4)CCN1. The molecule has 0 aromatic rings. The molecule has 2 aliphatic heterocycles. The normalized spacial score (nSPS) is 52.0. The number of rotatable bonds is 2. The molecule has 7 aliphatic rings. The first-order valence-corrected chi connectivity index (χ1v) is 11.2. The minimum atomic E-state index is -0.509. The van der Waals surface area contributed by atoms with E-state index in [1.165, 1.54) is 32.1 Å². The zero-order valence-electron chi connectivity index (χ0n) is 16.2. The number of ether oxygens (including phenoxy) is 1. The Hall–Kier alpha value is -0.690. The Labute approximate surface area is 161 Å². The van der Waals surface area contributed by atoms with Crippen molar-refractivity contribution in [2.24, 2.45) is 29.6 Å². The van der Waals surface area contributed by atoms with Gasteiger partial charge in [0.2, 0.25) is 17.5 Å². The number of amides is 1. The summed E-state index contributed by atoms with van der Waals surface area (Å²) in [4.78, 5) is 26.0. The summed E-state index contributed by atoms with van der Waals surface area (Å²) < 4.78 is 6.79. The Morgan fingerprint density at radius 3 is 2.37 bits per heavy atom. The molecule has 2 heterocycles. The molecule has 0 aromatic heterocycles. The summed E-state index contributed by atoms with van der Waals surface area (Å²) in [5.74, 6) is 2.72. The fourth-order valence-corrected chi connectivity index (χ4v) is 7.31. The average Bonchev–Trinajstić information content (AvgIpc) is 3.02. The van der Waals surface area contributed by atoms with E-state index in [-0.39, 0.29) is 5.91 Å². The molecule has 6 heteroatoms. The van der Waals surface area contributed by atoms with E-state index in [9.17, 15) is 4.79 Å². The Morgan fingerprint density at radius 2 is 1.70 bits per heavy atom. The van der Waals surface area contributed by atoms with Gasteiger partial charge < -0.3 is 10.1 Å². The van der Waals surface area contributed by atoms with E-state index in [0.717, 1.165) is 57.2 Å². The second kappa shape index (κ2) is 6.15. The fourth-order valence-electron chi connectivity index (χ4n) is 7.31. The van der Waals surface area contributed by atoms with Gasteiger partial charge in [-0.15, -0.1) is 0 Å². The molecule has 1 amide bonds. The first kappa shape index (κ1) is 17.2. The lowest BCUT2D eigenvalue weighted by molar-refractivity contribution is -0.390. The van der Waals surface area contributed by atoms with E-state index in [0.29, 0.717) is 24.3 Å². The fraction of sp³-hybridized carbons (Fsp3) is 0.952. The van der Waals surface area contributed by atoms with Gasteiger partial charge in [0, 0.05) is 44.3 Å². The molecular formula is C21H32N2O4. The number of nitrogens with one attached hydrogen (secondary N) is 1. The minimum Gasteiger partial charge on any atom is -0.354 e. The van der Waals surface area contributed by atoms with Gasteiger partial charge in [-0.25, -0.2) is 0 Å². The number of hydrogen-bond donors (Lipinski definition) is 1. The van der Waals surface area contributed by atoms with Crippen LogP contribution in [0.25, 0.3) is 0 Å². The first-order valence-electron chi connectivity index (χ1n) is 11.2. The molecule has 0 atom stereocenters. The Kier molecular flexibility index (Phi) is 3.92. The monoisotopic (exact) mass is 376 g/mol. The highest BCUT2D eigenvalue weighted by Gasteiger charge is 2.66. The molecule has 0 unspecified atom stereocenters. The first-order chi connectivity index (χ1) is 13.1. The summed E-state index contributed by atoms with van der Waals surface area (Å²) in [6.07, 6.45) is 10.6. The molecule has 4 bridgehead atoms. The van der Waals surface area contributed by atoms with Crippen LogP contribution in [0.2, 0.25) is 0 Å². The van der Waals surface area contributed by atoms with Crippen molar-refractivity contribution < 1.29 is 19.3 Å². The molecule has 0 radical (unpaired) electrons. The number of piperazine rings is 1. The smallest absolute Gasteiger partial charge is 0.234 e. The van der Waals surface area contributed by atoms with Gasteiger partial charge in [0.15, 0.2) is 0 Å². The van der Waals surface area contributed by atoms with Crippen LogP contribution in [0, 0.1) is 29.6 Å². The van der Waals surface area contributed by atoms with Gasteiger partial charge >= 0.3 is 0 Å². The van der Waals surface area contributed by atoms with Crippen molar-refractivity contribution in [2.75, 3.05) is 26.2 Å². The van der Waals surface area contributed by atoms with E-state index in [1.807, 2.05) is 0 Å². The van der Waals surface area contributed by atoms with E-state index in [4.69, 9.17) is 14.5 Å². The summed E-state index contributed by atoms with van der Waals surface area (Å²) in [5.41, 5.74) is 0. The van der Waals surface area contributed by atoms with E-state index in [2.05, 4.69) is 10.2 Å². The van der Waals surface area contributed by atoms with Gasteiger partial charge in [0.1, 0.15) is 0 Å². The van der Waals surface area contributed by atoms with Crippen molar-refractivity contribution in [3.63, 3.8) is 0 Å². The lowest BCUT2D eigenvalue weighted by Gasteiger charge is -2.57. The standard InChI is InChI=1S/C21H32N2O4/c24-19-13-23(6-5-22-19)12-14-1-3-20(4-2-14)25-21(27-26-20)17-8-15-7-16(10-17)11-18(21)9-15/h14-18H,1-13H2,(H,22,24). The molecular weight excluding hydrogens is 344 g/mol.